The number of aliphatic carboxylic acids is 1. The zero-order valence-electron chi connectivity index (χ0n) is 11.1. The van der Waals surface area contributed by atoms with Crippen LogP contribution in [0.15, 0.2) is 24.3 Å². The summed E-state index contributed by atoms with van der Waals surface area (Å²) in [6.45, 7) is 3.46. The van der Waals surface area contributed by atoms with Crippen molar-refractivity contribution in [3.8, 4) is 0 Å². The van der Waals surface area contributed by atoms with Crippen molar-refractivity contribution >= 4 is 5.97 Å². The van der Waals surface area contributed by atoms with Crippen LogP contribution in [-0.4, -0.2) is 30.8 Å². The number of nitrogens with one attached hydrogen (secondary N) is 1. The molecular weight excluding hydrogens is 242 g/mol. The lowest BCUT2D eigenvalue weighted by atomic mass is 10.0. The van der Waals surface area contributed by atoms with Gasteiger partial charge in [0.1, 0.15) is 0 Å². The van der Waals surface area contributed by atoms with E-state index < -0.39 is 5.97 Å². The Morgan fingerprint density at radius 3 is 2.84 bits per heavy atom. The van der Waals surface area contributed by atoms with E-state index in [0.29, 0.717) is 6.61 Å². The number of rotatable bonds is 7. The highest BCUT2D eigenvalue weighted by atomic mass is 16.5. The molecule has 0 amide bonds. The molecule has 104 valence electrons. The van der Waals surface area contributed by atoms with E-state index in [1.807, 2.05) is 24.3 Å². The lowest BCUT2D eigenvalue weighted by Crippen LogP contribution is -2.11. The third-order valence-electron chi connectivity index (χ3n) is 3.55. The fourth-order valence-electron chi connectivity index (χ4n) is 2.43. The summed E-state index contributed by atoms with van der Waals surface area (Å²) in [4.78, 5) is 10.8. The Labute approximate surface area is 113 Å². The predicted octanol–water partition coefficient (Wildman–Crippen LogP) is 1.83. The molecule has 0 bridgehead atoms. The van der Waals surface area contributed by atoms with Gasteiger partial charge in [-0.15, -0.1) is 0 Å². The Hall–Kier alpha value is -1.39. The van der Waals surface area contributed by atoms with Crippen LogP contribution in [0.2, 0.25) is 0 Å². The van der Waals surface area contributed by atoms with Crippen molar-refractivity contribution < 1.29 is 14.6 Å². The topological polar surface area (TPSA) is 58.6 Å². The van der Waals surface area contributed by atoms with Crippen molar-refractivity contribution in [1.29, 1.82) is 0 Å². The monoisotopic (exact) mass is 263 g/mol. The van der Waals surface area contributed by atoms with Crippen LogP contribution in [-0.2, 0) is 22.6 Å². The smallest absolute Gasteiger partial charge is 0.307 e. The fourth-order valence-corrected chi connectivity index (χ4v) is 2.43. The van der Waals surface area contributed by atoms with Crippen LogP contribution in [0.3, 0.4) is 0 Å². The summed E-state index contributed by atoms with van der Waals surface area (Å²) in [6.07, 6.45) is 2.37. The molecule has 0 radical (unpaired) electrons. The third-order valence-corrected chi connectivity index (χ3v) is 3.55. The summed E-state index contributed by atoms with van der Waals surface area (Å²) in [5.74, 6) is -0.0706. The van der Waals surface area contributed by atoms with Crippen molar-refractivity contribution in [3.63, 3.8) is 0 Å². The summed E-state index contributed by atoms with van der Waals surface area (Å²) in [6, 6.07) is 7.58. The molecule has 1 fully saturated rings. The second-order valence-corrected chi connectivity index (χ2v) is 5.04. The zero-order chi connectivity index (χ0) is 13.5. The standard InChI is InChI=1S/C15H21NO3/c17-15(18)9-13-3-1-2-4-14(13)11-19-8-6-12-5-7-16-10-12/h1-4,12,16H,5-11H2,(H,17,18). The molecule has 1 atom stereocenters. The molecule has 1 aliphatic heterocycles. The van der Waals surface area contributed by atoms with Crippen molar-refractivity contribution in [2.24, 2.45) is 5.92 Å². The van der Waals surface area contributed by atoms with Gasteiger partial charge >= 0.3 is 5.97 Å². The molecule has 4 nitrogen and oxygen atoms in total. The minimum absolute atomic E-state index is 0.0616. The predicted molar refractivity (Wildman–Crippen MR) is 73.0 cm³/mol. The number of carboxylic acid groups (broad SMARTS) is 1. The Kier molecular flexibility index (Phi) is 5.36. The Morgan fingerprint density at radius 2 is 2.16 bits per heavy atom. The van der Waals surface area contributed by atoms with E-state index >= 15 is 0 Å². The van der Waals surface area contributed by atoms with Crippen LogP contribution in [0.1, 0.15) is 24.0 Å². The number of hydrogen-bond donors (Lipinski definition) is 2. The molecular formula is C15H21NO3. The SMILES string of the molecule is O=C(O)Cc1ccccc1COCCC1CCNC1. The summed E-state index contributed by atoms with van der Waals surface area (Å²) >= 11 is 0. The van der Waals surface area contributed by atoms with E-state index in [9.17, 15) is 4.79 Å². The molecule has 1 aromatic rings. The highest BCUT2D eigenvalue weighted by molar-refractivity contribution is 5.70. The van der Waals surface area contributed by atoms with Crippen LogP contribution >= 0.6 is 0 Å². The molecule has 1 aliphatic rings. The van der Waals surface area contributed by atoms with Crippen molar-refractivity contribution in [2.75, 3.05) is 19.7 Å². The van der Waals surface area contributed by atoms with Gasteiger partial charge < -0.3 is 15.2 Å². The van der Waals surface area contributed by atoms with E-state index in [-0.39, 0.29) is 6.42 Å². The second kappa shape index (κ2) is 7.26. The van der Waals surface area contributed by atoms with Crippen LogP contribution in [0, 0.1) is 5.92 Å². The first-order valence-corrected chi connectivity index (χ1v) is 6.82. The lowest BCUT2D eigenvalue weighted by molar-refractivity contribution is -0.136. The summed E-state index contributed by atoms with van der Waals surface area (Å²) < 4.78 is 5.68. The molecule has 19 heavy (non-hydrogen) atoms. The average Bonchev–Trinajstić information content (AvgIpc) is 2.89. The maximum absolute atomic E-state index is 10.8. The van der Waals surface area contributed by atoms with Crippen LogP contribution in [0.5, 0.6) is 0 Å². The van der Waals surface area contributed by atoms with Gasteiger partial charge in [0.05, 0.1) is 13.0 Å². The van der Waals surface area contributed by atoms with Gasteiger partial charge in [0.25, 0.3) is 0 Å². The van der Waals surface area contributed by atoms with Gasteiger partial charge in [-0.2, -0.15) is 0 Å². The van der Waals surface area contributed by atoms with Crippen LogP contribution < -0.4 is 5.32 Å². The van der Waals surface area contributed by atoms with Gasteiger partial charge in [0.2, 0.25) is 0 Å². The normalized spacial score (nSPS) is 18.6. The van der Waals surface area contributed by atoms with Crippen LogP contribution in [0.25, 0.3) is 0 Å². The van der Waals surface area contributed by atoms with Gasteiger partial charge in [0.15, 0.2) is 0 Å². The molecule has 0 aromatic heterocycles. The Morgan fingerprint density at radius 1 is 1.37 bits per heavy atom. The minimum atomic E-state index is -0.801. The van der Waals surface area contributed by atoms with Crippen LogP contribution in [0.4, 0.5) is 0 Å². The summed E-state index contributed by atoms with van der Waals surface area (Å²) in [7, 11) is 0. The van der Waals surface area contributed by atoms with Gasteiger partial charge in [0, 0.05) is 6.61 Å². The zero-order valence-corrected chi connectivity index (χ0v) is 11.1. The molecule has 0 aliphatic carbocycles. The second-order valence-electron chi connectivity index (χ2n) is 5.04. The average molecular weight is 263 g/mol. The van der Waals surface area contributed by atoms with Crippen molar-refractivity contribution in [2.45, 2.75) is 25.9 Å². The first kappa shape index (κ1) is 14.0. The third kappa shape index (κ3) is 4.65. The van der Waals surface area contributed by atoms with E-state index in [0.717, 1.165) is 43.2 Å². The number of hydrogen-bond acceptors (Lipinski definition) is 3. The molecule has 1 saturated heterocycles. The van der Waals surface area contributed by atoms with Crippen molar-refractivity contribution in [3.05, 3.63) is 35.4 Å². The first-order valence-electron chi connectivity index (χ1n) is 6.82. The van der Waals surface area contributed by atoms with E-state index in [1.165, 1.54) is 6.42 Å². The number of ether oxygens (including phenoxy) is 1. The fraction of sp³-hybridized carbons (Fsp3) is 0.533. The largest absolute Gasteiger partial charge is 0.481 e. The molecule has 4 heteroatoms. The number of carbonyl (C=O) groups is 1. The van der Waals surface area contributed by atoms with Crippen molar-refractivity contribution in [1.82, 2.24) is 5.32 Å². The molecule has 1 unspecified atom stereocenters. The first-order chi connectivity index (χ1) is 9.25. The van der Waals surface area contributed by atoms with Gasteiger partial charge in [-0.05, 0) is 43.0 Å². The number of carboxylic acids is 1. The van der Waals surface area contributed by atoms with E-state index in [1.54, 1.807) is 0 Å². The van der Waals surface area contributed by atoms with Gasteiger partial charge in [-0.3, -0.25) is 4.79 Å². The highest BCUT2D eigenvalue weighted by Crippen LogP contribution is 2.14. The molecule has 0 saturated carbocycles. The van der Waals surface area contributed by atoms with E-state index in [2.05, 4.69) is 5.32 Å². The Balaban J connectivity index is 1.76. The molecule has 2 rings (SSSR count). The molecule has 0 spiro atoms. The highest BCUT2D eigenvalue weighted by Gasteiger charge is 2.13. The lowest BCUT2D eigenvalue weighted by Gasteiger charge is -2.11. The quantitative estimate of drug-likeness (QED) is 0.737. The van der Waals surface area contributed by atoms with E-state index in [4.69, 9.17) is 9.84 Å². The maximum atomic E-state index is 10.8. The van der Waals surface area contributed by atoms with Gasteiger partial charge in [-0.25, -0.2) is 0 Å². The van der Waals surface area contributed by atoms with Gasteiger partial charge in [-0.1, -0.05) is 24.3 Å². The summed E-state index contributed by atoms with van der Waals surface area (Å²) in [5, 5.41) is 12.2. The minimum Gasteiger partial charge on any atom is -0.481 e. The molecule has 1 aromatic carbocycles. The Bertz CT molecular complexity index is 414. The summed E-state index contributed by atoms with van der Waals surface area (Å²) in [5.41, 5.74) is 1.83. The molecule has 1 heterocycles. The molecule has 2 N–H and O–H groups in total. The maximum Gasteiger partial charge on any atom is 0.307 e. The number of benzene rings is 1.